The lowest BCUT2D eigenvalue weighted by Gasteiger charge is -2.12. The van der Waals surface area contributed by atoms with Gasteiger partial charge in [-0.3, -0.25) is 0 Å². The Kier molecular flexibility index (Phi) is 9.55. The summed E-state index contributed by atoms with van der Waals surface area (Å²) < 4.78 is 39.6. The molecule has 0 heterocycles. The van der Waals surface area contributed by atoms with Crippen molar-refractivity contribution in [1.82, 2.24) is 0 Å². The Morgan fingerprint density at radius 1 is 1.06 bits per heavy atom. The summed E-state index contributed by atoms with van der Waals surface area (Å²) in [6.45, 7) is 0.636. The number of unbranched alkanes of at least 4 members (excludes halogenated alkanes) is 5. The smallest absolute Gasteiger partial charge is 0.391 e. The van der Waals surface area contributed by atoms with Crippen molar-refractivity contribution in [3.05, 3.63) is 0 Å². The first-order valence-corrected chi connectivity index (χ1v) is 6.28. The fraction of sp³-hybridized carbons (Fsp3) is 1.00. The first-order chi connectivity index (χ1) is 7.95. The fourth-order valence-electron chi connectivity index (χ4n) is 1.55. The molecule has 0 saturated carbocycles. The van der Waals surface area contributed by atoms with E-state index < -0.39 is 18.9 Å². The molecule has 0 saturated heterocycles. The molecule has 2 nitrogen and oxygen atoms in total. The zero-order valence-corrected chi connectivity index (χ0v) is 10.4. The van der Waals surface area contributed by atoms with Gasteiger partial charge in [-0.2, -0.15) is 13.2 Å². The third kappa shape index (κ3) is 13.6. The summed E-state index contributed by atoms with van der Waals surface area (Å²) in [4.78, 5) is 0. The quantitative estimate of drug-likeness (QED) is 0.604. The lowest BCUT2D eigenvalue weighted by Crippen LogP contribution is -2.22. The van der Waals surface area contributed by atoms with Crippen molar-refractivity contribution in [3.63, 3.8) is 0 Å². The Balaban J connectivity index is 3.26. The van der Waals surface area contributed by atoms with Crippen LogP contribution < -0.4 is 0 Å². The molecule has 0 aromatic heterocycles. The van der Waals surface area contributed by atoms with Crippen LogP contribution in [0.1, 0.15) is 51.9 Å². The molecule has 1 atom stereocenters. The molecule has 0 aliphatic heterocycles. The average molecular weight is 256 g/mol. The second-order valence-corrected chi connectivity index (χ2v) is 4.34. The first kappa shape index (κ1) is 16.7. The molecule has 0 aliphatic rings. The van der Waals surface area contributed by atoms with Gasteiger partial charge in [0.25, 0.3) is 0 Å². The molecular formula is C12H23F3O2. The number of aliphatic hydroxyl groups excluding tert-OH is 1. The molecule has 0 radical (unpaired) electrons. The van der Waals surface area contributed by atoms with Gasteiger partial charge in [0, 0.05) is 0 Å². The number of alkyl halides is 3. The molecule has 0 aliphatic carbocycles. The third-order valence-electron chi connectivity index (χ3n) is 2.47. The van der Waals surface area contributed by atoms with E-state index in [-0.39, 0.29) is 6.61 Å². The van der Waals surface area contributed by atoms with E-state index in [1.165, 1.54) is 19.3 Å². The van der Waals surface area contributed by atoms with Crippen LogP contribution in [0, 0.1) is 0 Å². The number of hydrogen-bond acceptors (Lipinski definition) is 2. The lowest BCUT2D eigenvalue weighted by molar-refractivity contribution is -0.179. The monoisotopic (exact) mass is 256 g/mol. The molecule has 5 heteroatoms. The zero-order chi connectivity index (χ0) is 13.1. The first-order valence-electron chi connectivity index (χ1n) is 6.28. The molecule has 17 heavy (non-hydrogen) atoms. The van der Waals surface area contributed by atoms with Gasteiger partial charge in [-0.1, -0.05) is 45.4 Å². The summed E-state index contributed by atoms with van der Waals surface area (Å²) in [6.07, 6.45) is 2.04. The van der Waals surface area contributed by atoms with E-state index >= 15 is 0 Å². The average Bonchev–Trinajstić information content (AvgIpc) is 2.21. The van der Waals surface area contributed by atoms with E-state index in [1.807, 2.05) is 0 Å². The van der Waals surface area contributed by atoms with Crippen molar-refractivity contribution in [2.75, 3.05) is 13.2 Å². The lowest BCUT2D eigenvalue weighted by atomic mass is 10.1. The van der Waals surface area contributed by atoms with Gasteiger partial charge >= 0.3 is 6.18 Å². The van der Waals surface area contributed by atoms with Crippen LogP contribution in [0.4, 0.5) is 13.2 Å². The third-order valence-corrected chi connectivity index (χ3v) is 2.47. The summed E-state index contributed by atoms with van der Waals surface area (Å²) in [6, 6.07) is 0. The number of aliphatic hydroxyl groups is 1. The van der Waals surface area contributed by atoms with Crippen LogP contribution >= 0.6 is 0 Å². The van der Waals surface area contributed by atoms with Crippen molar-refractivity contribution >= 4 is 0 Å². The molecule has 0 aromatic rings. The maximum absolute atomic E-state index is 11.7. The van der Waals surface area contributed by atoms with E-state index in [0.29, 0.717) is 6.42 Å². The Morgan fingerprint density at radius 3 is 2.24 bits per heavy atom. The second-order valence-electron chi connectivity index (χ2n) is 4.34. The largest absolute Gasteiger partial charge is 0.411 e. The SMILES string of the molecule is CCCCCCCCC(O)COCC(F)(F)F. The van der Waals surface area contributed by atoms with Crippen LogP contribution in [0.3, 0.4) is 0 Å². The highest BCUT2D eigenvalue weighted by Crippen LogP contribution is 2.15. The molecule has 1 N–H and O–H groups in total. The Morgan fingerprint density at radius 2 is 1.65 bits per heavy atom. The Labute approximate surface area is 101 Å². The van der Waals surface area contributed by atoms with Crippen LogP contribution in [0.2, 0.25) is 0 Å². The molecule has 0 rings (SSSR count). The van der Waals surface area contributed by atoms with Crippen molar-refractivity contribution in [2.24, 2.45) is 0 Å². The van der Waals surface area contributed by atoms with Gasteiger partial charge in [0.2, 0.25) is 0 Å². The molecule has 0 fully saturated rings. The standard InChI is InChI=1S/C12H23F3O2/c1-2-3-4-5-6-7-8-11(16)9-17-10-12(13,14)15/h11,16H,2-10H2,1H3. The van der Waals surface area contributed by atoms with Gasteiger partial charge in [0.05, 0.1) is 12.7 Å². The highest BCUT2D eigenvalue weighted by Gasteiger charge is 2.27. The minimum Gasteiger partial charge on any atom is -0.391 e. The predicted molar refractivity (Wildman–Crippen MR) is 60.9 cm³/mol. The van der Waals surface area contributed by atoms with Crippen molar-refractivity contribution in [3.8, 4) is 0 Å². The van der Waals surface area contributed by atoms with E-state index in [9.17, 15) is 18.3 Å². The summed E-state index contributed by atoms with van der Waals surface area (Å²) in [5.41, 5.74) is 0. The highest BCUT2D eigenvalue weighted by atomic mass is 19.4. The second kappa shape index (κ2) is 9.71. The number of halogens is 3. The van der Waals surface area contributed by atoms with Crippen LogP contribution in [0.5, 0.6) is 0 Å². The zero-order valence-electron chi connectivity index (χ0n) is 10.4. The summed E-state index contributed by atoms with van der Waals surface area (Å²) >= 11 is 0. The fourth-order valence-corrected chi connectivity index (χ4v) is 1.55. The van der Waals surface area contributed by atoms with Crippen molar-refractivity contribution in [2.45, 2.75) is 64.1 Å². The number of hydrogen-bond donors (Lipinski definition) is 1. The van der Waals surface area contributed by atoms with E-state index in [0.717, 1.165) is 19.3 Å². The summed E-state index contributed by atoms with van der Waals surface area (Å²) in [5.74, 6) is 0. The Bertz CT molecular complexity index is 172. The molecule has 0 spiro atoms. The topological polar surface area (TPSA) is 29.5 Å². The van der Waals surface area contributed by atoms with Crippen LogP contribution in [0.25, 0.3) is 0 Å². The van der Waals surface area contributed by atoms with Gasteiger partial charge in [-0.05, 0) is 6.42 Å². The van der Waals surface area contributed by atoms with Gasteiger partial charge < -0.3 is 9.84 Å². The van der Waals surface area contributed by atoms with Crippen LogP contribution in [-0.2, 0) is 4.74 Å². The predicted octanol–water partition coefficient (Wildman–Crippen LogP) is 3.68. The minimum atomic E-state index is -4.31. The molecule has 1 unspecified atom stereocenters. The Hall–Kier alpha value is -0.290. The van der Waals surface area contributed by atoms with Gasteiger partial charge in [0.15, 0.2) is 0 Å². The number of ether oxygens (including phenoxy) is 1. The van der Waals surface area contributed by atoms with Gasteiger partial charge in [-0.15, -0.1) is 0 Å². The van der Waals surface area contributed by atoms with E-state index in [2.05, 4.69) is 11.7 Å². The number of rotatable bonds is 10. The maximum atomic E-state index is 11.7. The molecule has 0 bridgehead atoms. The van der Waals surface area contributed by atoms with Gasteiger partial charge in [-0.25, -0.2) is 0 Å². The summed E-state index contributed by atoms with van der Waals surface area (Å²) in [5, 5.41) is 9.36. The highest BCUT2D eigenvalue weighted by molar-refractivity contribution is 4.56. The molecule has 0 amide bonds. The minimum absolute atomic E-state index is 0.228. The van der Waals surface area contributed by atoms with E-state index in [4.69, 9.17) is 0 Å². The molecule has 0 aromatic carbocycles. The van der Waals surface area contributed by atoms with Crippen molar-refractivity contribution in [1.29, 1.82) is 0 Å². The van der Waals surface area contributed by atoms with E-state index in [1.54, 1.807) is 0 Å². The van der Waals surface area contributed by atoms with Gasteiger partial charge in [0.1, 0.15) is 6.61 Å². The maximum Gasteiger partial charge on any atom is 0.411 e. The van der Waals surface area contributed by atoms with Crippen LogP contribution in [0.15, 0.2) is 0 Å². The molecular weight excluding hydrogens is 233 g/mol. The molecule has 104 valence electrons. The van der Waals surface area contributed by atoms with Crippen molar-refractivity contribution < 1.29 is 23.0 Å². The van der Waals surface area contributed by atoms with Crippen LogP contribution in [-0.4, -0.2) is 30.6 Å². The normalized spacial score (nSPS) is 13.9. The summed E-state index contributed by atoms with van der Waals surface area (Å²) in [7, 11) is 0.